The van der Waals surface area contributed by atoms with Crippen molar-refractivity contribution in [2.75, 3.05) is 25.6 Å². The van der Waals surface area contributed by atoms with E-state index in [1.807, 2.05) is 20.8 Å². The summed E-state index contributed by atoms with van der Waals surface area (Å²) in [5, 5.41) is 10.6. The van der Waals surface area contributed by atoms with Crippen LogP contribution >= 0.6 is 11.6 Å². The molecule has 0 fully saturated rings. The standard InChI is InChI=1S/C17H22ClN3O3/c1-17(2,3)20-16(22)13-14(11-5-7-12(18)8-6-11)24-21-15(13)19-9-10-23-4/h5-8H,9-10H2,1-4H3,(H,19,21)(H,20,22). The van der Waals surface area contributed by atoms with Gasteiger partial charge in [-0.15, -0.1) is 0 Å². The van der Waals surface area contributed by atoms with Gasteiger partial charge in [-0.3, -0.25) is 4.79 Å². The quantitative estimate of drug-likeness (QED) is 0.778. The molecule has 0 bridgehead atoms. The summed E-state index contributed by atoms with van der Waals surface area (Å²) in [5.41, 5.74) is 0.712. The van der Waals surface area contributed by atoms with Crippen LogP contribution in [0.4, 0.5) is 5.82 Å². The van der Waals surface area contributed by atoms with Gasteiger partial charge in [0.25, 0.3) is 5.91 Å². The van der Waals surface area contributed by atoms with Crippen molar-refractivity contribution in [1.29, 1.82) is 0 Å². The van der Waals surface area contributed by atoms with E-state index in [1.54, 1.807) is 31.4 Å². The maximum Gasteiger partial charge on any atom is 0.259 e. The summed E-state index contributed by atoms with van der Waals surface area (Å²) in [4.78, 5) is 12.7. The number of anilines is 1. The fourth-order valence-electron chi connectivity index (χ4n) is 2.09. The van der Waals surface area contributed by atoms with Crippen molar-refractivity contribution >= 4 is 23.3 Å². The molecule has 6 nitrogen and oxygen atoms in total. The van der Waals surface area contributed by atoms with Crippen LogP contribution in [-0.4, -0.2) is 36.9 Å². The minimum atomic E-state index is -0.380. The minimum Gasteiger partial charge on any atom is -0.383 e. The Hall–Kier alpha value is -2.05. The Balaban J connectivity index is 2.39. The molecule has 0 aliphatic rings. The molecule has 2 N–H and O–H groups in total. The Labute approximate surface area is 146 Å². The van der Waals surface area contributed by atoms with Crippen LogP contribution in [0.15, 0.2) is 28.8 Å². The van der Waals surface area contributed by atoms with Gasteiger partial charge in [0.1, 0.15) is 5.56 Å². The molecule has 0 saturated carbocycles. The highest BCUT2D eigenvalue weighted by atomic mass is 35.5. The molecule has 1 heterocycles. The molecule has 2 rings (SSSR count). The number of amides is 1. The molecule has 0 spiro atoms. The lowest BCUT2D eigenvalue weighted by Crippen LogP contribution is -2.40. The second-order valence-electron chi connectivity index (χ2n) is 6.37. The molecule has 0 aliphatic heterocycles. The van der Waals surface area contributed by atoms with E-state index < -0.39 is 0 Å². The molecular weight excluding hydrogens is 330 g/mol. The SMILES string of the molecule is COCCNc1noc(-c2ccc(Cl)cc2)c1C(=O)NC(C)(C)C. The number of halogens is 1. The van der Waals surface area contributed by atoms with Crippen molar-refractivity contribution < 1.29 is 14.1 Å². The molecule has 0 atom stereocenters. The number of aromatic nitrogens is 1. The van der Waals surface area contributed by atoms with Crippen molar-refractivity contribution in [2.45, 2.75) is 26.3 Å². The summed E-state index contributed by atoms with van der Waals surface area (Å²) < 4.78 is 10.4. The Kier molecular flexibility index (Phi) is 5.85. The highest BCUT2D eigenvalue weighted by Gasteiger charge is 2.26. The molecule has 2 aromatic rings. The van der Waals surface area contributed by atoms with Crippen LogP contribution < -0.4 is 10.6 Å². The molecule has 7 heteroatoms. The minimum absolute atomic E-state index is 0.256. The number of rotatable bonds is 6. The average molecular weight is 352 g/mol. The van der Waals surface area contributed by atoms with E-state index in [1.165, 1.54) is 0 Å². The molecule has 1 aromatic heterocycles. The van der Waals surface area contributed by atoms with E-state index in [4.69, 9.17) is 20.9 Å². The Morgan fingerprint density at radius 1 is 1.29 bits per heavy atom. The van der Waals surface area contributed by atoms with Gasteiger partial charge in [0.05, 0.1) is 6.61 Å². The van der Waals surface area contributed by atoms with Crippen LogP contribution in [0.5, 0.6) is 0 Å². The predicted octanol–water partition coefficient (Wildman–Crippen LogP) is 3.58. The number of methoxy groups -OCH3 is 1. The first-order chi connectivity index (χ1) is 11.3. The summed E-state index contributed by atoms with van der Waals surface area (Å²) in [7, 11) is 1.61. The first kappa shape index (κ1) is 18.3. The maximum absolute atomic E-state index is 12.7. The van der Waals surface area contributed by atoms with E-state index in [-0.39, 0.29) is 11.4 Å². The molecule has 0 radical (unpaired) electrons. The normalized spacial score (nSPS) is 11.4. The summed E-state index contributed by atoms with van der Waals surface area (Å²) in [5.74, 6) is 0.528. The van der Waals surface area contributed by atoms with Crippen LogP contribution in [0.3, 0.4) is 0 Å². The Bertz CT molecular complexity index is 690. The third-order valence-corrected chi connectivity index (χ3v) is 3.36. The van der Waals surface area contributed by atoms with E-state index in [2.05, 4.69) is 15.8 Å². The topological polar surface area (TPSA) is 76.4 Å². The van der Waals surface area contributed by atoms with Gasteiger partial charge in [0.2, 0.25) is 0 Å². The van der Waals surface area contributed by atoms with Gasteiger partial charge < -0.3 is 19.9 Å². The average Bonchev–Trinajstić information content (AvgIpc) is 2.90. The van der Waals surface area contributed by atoms with Crippen molar-refractivity contribution in [3.05, 3.63) is 34.9 Å². The predicted molar refractivity (Wildman–Crippen MR) is 94.5 cm³/mol. The lowest BCUT2D eigenvalue weighted by molar-refractivity contribution is 0.0920. The van der Waals surface area contributed by atoms with Gasteiger partial charge in [-0.1, -0.05) is 16.8 Å². The fraction of sp³-hybridized carbons (Fsp3) is 0.412. The van der Waals surface area contributed by atoms with E-state index >= 15 is 0 Å². The lowest BCUT2D eigenvalue weighted by Gasteiger charge is -2.20. The number of hydrogen-bond acceptors (Lipinski definition) is 5. The fourth-order valence-corrected chi connectivity index (χ4v) is 2.22. The summed E-state index contributed by atoms with van der Waals surface area (Å²) in [6, 6.07) is 7.05. The zero-order valence-corrected chi connectivity index (χ0v) is 15.0. The molecule has 1 aromatic carbocycles. The van der Waals surface area contributed by atoms with Crippen LogP contribution in [0, 0.1) is 0 Å². The van der Waals surface area contributed by atoms with Crippen molar-refractivity contribution in [2.24, 2.45) is 0 Å². The molecular formula is C17H22ClN3O3. The van der Waals surface area contributed by atoms with Gasteiger partial charge in [0, 0.05) is 29.8 Å². The molecule has 130 valence electrons. The number of nitrogens with zero attached hydrogens (tertiary/aromatic N) is 1. The third-order valence-electron chi connectivity index (χ3n) is 3.11. The van der Waals surface area contributed by atoms with Gasteiger partial charge in [-0.25, -0.2) is 0 Å². The summed E-state index contributed by atoms with van der Waals surface area (Å²) in [6.45, 7) is 6.75. The number of ether oxygens (including phenoxy) is 1. The highest BCUT2D eigenvalue weighted by molar-refractivity contribution is 6.30. The van der Waals surface area contributed by atoms with Crippen molar-refractivity contribution in [3.63, 3.8) is 0 Å². The Morgan fingerprint density at radius 2 is 1.96 bits per heavy atom. The number of carbonyl (C=O) groups excluding carboxylic acids is 1. The van der Waals surface area contributed by atoms with Gasteiger partial charge in [0.15, 0.2) is 11.6 Å². The van der Waals surface area contributed by atoms with Crippen LogP contribution in [0.2, 0.25) is 5.02 Å². The molecule has 24 heavy (non-hydrogen) atoms. The molecule has 0 unspecified atom stereocenters. The zero-order valence-electron chi connectivity index (χ0n) is 14.3. The maximum atomic E-state index is 12.7. The van der Waals surface area contributed by atoms with Crippen molar-refractivity contribution in [3.8, 4) is 11.3 Å². The Morgan fingerprint density at radius 3 is 2.54 bits per heavy atom. The van der Waals surface area contributed by atoms with Crippen LogP contribution in [0.1, 0.15) is 31.1 Å². The van der Waals surface area contributed by atoms with E-state index in [0.29, 0.717) is 35.3 Å². The second kappa shape index (κ2) is 7.68. The van der Waals surface area contributed by atoms with Crippen molar-refractivity contribution in [1.82, 2.24) is 10.5 Å². The van der Waals surface area contributed by atoms with Gasteiger partial charge in [-0.2, -0.15) is 0 Å². The third kappa shape index (κ3) is 4.72. The second-order valence-corrected chi connectivity index (χ2v) is 6.80. The summed E-state index contributed by atoms with van der Waals surface area (Å²) in [6.07, 6.45) is 0. The molecule has 0 aliphatic carbocycles. The lowest BCUT2D eigenvalue weighted by atomic mass is 10.0. The number of benzene rings is 1. The van der Waals surface area contributed by atoms with E-state index in [0.717, 1.165) is 5.56 Å². The zero-order chi connectivity index (χ0) is 17.7. The number of hydrogen-bond donors (Lipinski definition) is 2. The first-order valence-electron chi connectivity index (χ1n) is 7.63. The number of nitrogens with one attached hydrogen (secondary N) is 2. The van der Waals surface area contributed by atoms with E-state index in [9.17, 15) is 4.79 Å². The van der Waals surface area contributed by atoms with Gasteiger partial charge >= 0.3 is 0 Å². The van der Waals surface area contributed by atoms with Gasteiger partial charge in [-0.05, 0) is 45.0 Å². The monoisotopic (exact) mass is 351 g/mol. The smallest absolute Gasteiger partial charge is 0.259 e. The summed E-state index contributed by atoms with van der Waals surface area (Å²) >= 11 is 5.93. The molecule has 1 amide bonds. The number of carbonyl (C=O) groups is 1. The highest BCUT2D eigenvalue weighted by Crippen LogP contribution is 2.30. The van der Waals surface area contributed by atoms with Crippen LogP contribution in [-0.2, 0) is 4.74 Å². The first-order valence-corrected chi connectivity index (χ1v) is 8.00. The molecule has 0 saturated heterocycles. The van der Waals surface area contributed by atoms with Crippen LogP contribution in [0.25, 0.3) is 11.3 Å². The largest absolute Gasteiger partial charge is 0.383 e.